The van der Waals surface area contributed by atoms with Gasteiger partial charge in [-0.05, 0) is 69.2 Å². The maximum atomic E-state index is 13.5. The summed E-state index contributed by atoms with van der Waals surface area (Å²) >= 11 is 0. The molecule has 184 valence electrons. The van der Waals surface area contributed by atoms with Crippen molar-refractivity contribution in [2.75, 3.05) is 26.2 Å². The van der Waals surface area contributed by atoms with Crippen molar-refractivity contribution in [2.45, 2.75) is 64.0 Å². The summed E-state index contributed by atoms with van der Waals surface area (Å²) in [6.07, 6.45) is 6.61. The molecule has 1 atom stereocenters. The minimum Gasteiger partial charge on any atom is -0.376 e. The number of pyridine rings is 1. The second-order valence-corrected chi connectivity index (χ2v) is 11.5. The Morgan fingerprint density at radius 2 is 1.85 bits per heavy atom. The van der Waals surface area contributed by atoms with E-state index in [1.807, 2.05) is 49.9 Å². The molecule has 0 spiro atoms. The van der Waals surface area contributed by atoms with Crippen LogP contribution in [0.3, 0.4) is 0 Å². The first-order valence-electron chi connectivity index (χ1n) is 12.1. The molecule has 0 aliphatic carbocycles. The number of benzene rings is 1. The number of rotatable bonds is 7. The van der Waals surface area contributed by atoms with Crippen LogP contribution in [0.15, 0.2) is 41.6 Å². The van der Waals surface area contributed by atoms with Crippen molar-refractivity contribution < 1.29 is 17.9 Å². The zero-order valence-electron chi connectivity index (χ0n) is 20.4. The lowest BCUT2D eigenvalue weighted by molar-refractivity contribution is -0.139. The number of hydrogen-bond acceptors (Lipinski definition) is 5. The number of nitrogens with zero attached hydrogens (tertiary/aromatic N) is 3. The third kappa shape index (κ3) is 5.50. The Labute approximate surface area is 203 Å². The molecule has 3 heterocycles. The molecule has 2 aromatic rings. The summed E-state index contributed by atoms with van der Waals surface area (Å²) in [4.78, 5) is 20.0. The van der Waals surface area contributed by atoms with Gasteiger partial charge in [-0.25, -0.2) is 8.42 Å². The molecule has 8 heteroatoms. The Morgan fingerprint density at radius 3 is 2.44 bits per heavy atom. The van der Waals surface area contributed by atoms with Crippen LogP contribution < -0.4 is 0 Å². The van der Waals surface area contributed by atoms with Gasteiger partial charge in [-0.3, -0.25) is 9.78 Å². The standard InChI is InChI=1S/C26H35N3O4S/c1-19-14-20(2)25(21(3)15-19)34(31,32)29-11-8-23(9-12-29)26(30)28(18-24-7-5-13-33-24)17-22-6-4-10-27-16-22/h4,6,10,14-16,23-24H,5,7-9,11-13,17-18H2,1-3H3. The second-order valence-electron chi connectivity index (χ2n) is 9.62. The Hall–Kier alpha value is -2.29. The van der Waals surface area contributed by atoms with Gasteiger partial charge in [0, 0.05) is 51.1 Å². The van der Waals surface area contributed by atoms with Gasteiger partial charge in [0.1, 0.15) is 0 Å². The fourth-order valence-corrected chi connectivity index (χ4v) is 7.16. The first kappa shape index (κ1) is 24.8. The van der Waals surface area contributed by atoms with E-state index in [4.69, 9.17) is 4.74 Å². The molecular formula is C26H35N3O4S. The highest BCUT2D eigenvalue weighted by Gasteiger charge is 2.36. The summed E-state index contributed by atoms with van der Waals surface area (Å²) in [5.74, 6) is -0.108. The van der Waals surface area contributed by atoms with Crippen molar-refractivity contribution in [1.82, 2.24) is 14.2 Å². The predicted molar refractivity (Wildman–Crippen MR) is 131 cm³/mol. The van der Waals surface area contributed by atoms with E-state index < -0.39 is 10.0 Å². The average Bonchev–Trinajstić information content (AvgIpc) is 3.31. The Balaban J connectivity index is 1.45. The minimum absolute atomic E-state index is 0.0635. The van der Waals surface area contributed by atoms with Crippen molar-refractivity contribution in [3.63, 3.8) is 0 Å². The van der Waals surface area contributed by atoms with Gasteiger partial charge in [0.25, 0.3) is 0 Å². The molecule has 2 saturated heterocycles. The zero-order chi connectivity index (χ0) is 24.3. The van der Waals surface area contributed by atoms with Crippen LogP contribution in [0, 0.1) is 26.7 Å². The van der Waals surface area contributed by atoms with Gasteiger partial charge in [0.2, 0.25) is 15.9 Å². The molecule has 2 fully saturated rings. The van der Waals surface area contributed by atoms with E-state index in [0.29, 0.717) is 43.9 Å². The highest BCUT2D eigenvalue weighted by Crippen LogP contribution is 2.30. The number of hydrogen-bond donors (Lipinski definition) is 0. The SMILES string of the molecule is Cc1cc(C)c(S(=O)(=O)N2CCC(C(=O)N(Cc3cccnc3)CC3CCCO3)CC2)c(C)c1. The molecule has 2 aliphatic rings. The van der Waals surface area contributed by atoms with Gasteiger partial charge in [-0.1, -0.05) is 23.8 Å². The van der Waals surface area contributed by atoms with Crippen molar-refractivity contribution in [3.8, 4) is 0 Å². The third-order valence-corrected chi connectivity index (χ3v) is 9.07. The summed E-state index contributed by atoms with van der Waals surface area (Å²) in [6, 6.07) is 7.68. The maximum Gasteiger partial charge on any atom is 0.243 e. The third-order valence-electron chi connectivity index (χ3n) is 6.86. The summed E-state index contributed by atoms with van der Waals surface area (Å²) in [5, 5.41) is 0. The van der Waals surface area contributed by atoms with E-state index in [0.717, 1.165) is 41.7 Å². The normalized spacial score (nSPS) is 19.9. The van der Waals surface area contributed by atoms with Crippen molar-refractivity contribution >= 4 is 15.9 Å². The Kier molecular flexibility index (Phi) is 7.70. The number of carbonyl (C=O) groups is 1. The molecule has 0 bridgehead atoms. The van der Waals surface area contributed by atoms with E-state index in [2.05, 4.69) is 4.98 Å². The number of sulfonamides is 1. The van der Waals surface area contributed by atoms with Crippen LogP contribution in [0.1, 0.15) is 47.9 Å². The number of ether oxygens (including phenoxy) is 1. The van der Waals surface area contributed by atoms with Crippen LogP contribution in [0.25, 0.3) is 0 Å². The van der Waals surface area contributed by atoms with E-state index in [-0.39, 0.29) is 17.9 Å². The highest BCUT2D eigenvalue weighted by atomic mass is 32.2. The van der Waals surface area contributed by atoms with Crippen LogP contribution >= 0.6 is 0 Å². The van der Waals surface area contributed by atoms with E-state index in [1.54, 1.807) is 16.7 Å². The monoisotopic (exact) mass is 485 g/mol. The van der Waals surface area contributed by atoms with E-state index in [9.17, 15) is 13.2 Å². The summed E-state index contributed by atoms with van der Waals surface area (Å²) < 4.78 is 34.2. The quantitative estimate of drug-likeness (QED) is 0.599. The first-order chi connectivity index (χ1) is 16.3. The van der Waals surface area contributed by atoms with Gasteiger partial charge in [-0.2, -0.15) is 4.31 Å². The van der Waals surface area contributed by atoms with Gasteiger partial charge in [-0.15, -0.1) is 0 Å². The van der Waals surface area contributed by atoms with Crippen LogP contribution in [0.2, 0.25) is 0 Å². The van der Waals surface area contributed by atoms with Gasteiger partial charge < -0.3 is 9.64 Å². The molecule has 0 saturated carbocycles. The second kappa shape index (κ2) is 10.5. The summed E-state index contributed by atoms with van der Waals surface area (Å²) in [7, 11) is -3.60. The molecule has 0 N–H and O–H groups in total. The molecule has 1 aromatic heterocycles. The topological polar surface area (TPSA) is 79.8 Å². The number of aryl methyl sites for hydroxylation is 3. The van der Waals surface area contributed by atoms with Gasteiger partial charge in [0.15, 0.2) is 0 Å². The minimum atomic E-state index is -3.60. The number of aromatic nitrogens is 1. The molecule has 1 amide bonds. The largest absolute Gasteiger partial charge is 0.376 e. The van der Waals surface area contributed by atoms with E-state index in [1.165, 1.54) is 0 Å². The summed E-state index contributed by atoms with van der Waals surface area (Å²) in [6.45, 7) is 8.18. The van der Waals surface area contributed by atoms with Crippen LogP contribution in [0.4, 0.5) is 0 Å². The molecule has 7 nitrogen and oxygen atoms in total. The molecule has 0 radical (unpaired) electrons. The molecule has 2 aliphatic heterocycles. The number of carbonyl (C=O) groups excluding carboxylic acids is 1. The van der Waals surface area contributed by atoms with Gasteiger partial charge >= 0.3 is 0 Å². The van der Waals surface area contributed by atoms with Crippen molar-refractivity contribution in [2.24, 2.45) is 5.92 Å². The van der Waals surface area contributed by atoms with Crippen LogP contribution in [0.5, 0.6) is 0 Å². The Bertz CT molecular complexity index is 1080. The maximum absolute atomic E-state index is 13.5. The highest BCUT2D eigenvalue weighted by molar-refractivity contribution is 7.89. The lowest BCUT2D eigenvalue weighted by Crippen LogP contribution is -2.46. The van der Waals surface area contributed by atoms with Crippen LogP contribution in [-0.4, -0.2) is 60.9 Å². The van der Waals surface area contributed by atoms with Gasteiger partial charge in [0.05, 0.1) is 11.0 Å². The Morgan fingerprint density at radius 1 is 1.15 bits per heavy atom. The lowest BCUT2D eigenvalue weighted by atomic mass is 9.96. The molecule has 1 aromatic carbocycles. The predicted octanol–water partition coefficient (Wildman–Crippen LogP) is 3.62. The zero-order valence-corrected chi connectivity index (χ0v) is 21.2. The smallest absolute Gasteiger partial charge is 0.243 e. The average molecular weight is 486 g/mol. The van der Waals surface area contributed by atoms with E-state index >= 15 is 0 Å². The van der Waals surface area contributed by atoms with Crippen molar-refractivity contribution in [3.05, 3.63) is 58.9 Å². The fourth-order valence-electron chi connectivity index (χ4n) is 5.28. The number of amides is 1. The number of piperidine rings is 1. The molecule has 34 heavy (non-hydrogen) atoms. The first-order valence-corrected chi connectivity index (χ1v) is 13.6. The molecular weight excluding hydrogens is 450 g/mol. The lowest BCUT2D eigenvalue weighted by Gasteiger charge is -2.35. The fraction of sp³-hybridized carbons (Fsp3) is 0.538. The summed E-state index contributed by atoms with van der Waals surface area (Å²) in [5.41, 5.74) is 3.59. The molecule has 1 unspecified atom stereocenters. The van der Waals surface area contributed by atoms with Crippen molar-refractivity contribution in [1.29, 1.82) is 0 Å². The molecule has 4 rings (SSSR count). The van der Waals surface area contributed by atoms with Crippen LogP contribution in [-0.2, 0) is 26.1 Å².